The van der Waals surface area contributed by atoms with Gasteiger partial charge in [0.1, 0.15) is 0 Å². The fourth-order valence-corrected chi connectivity index (χ4v) is 4.96. The largest absolute Gasteiger partial charge is 0.0636 e. The van der Waals surface area contributed by atoms with Crippen LogP contribution in [0.25, 0.3) is 65.3 Å². The van der Waals surface area contributed by atoms with E-state index in [9.17, 15) is 1.37 Å². The van der Waals surface area contributed by atoms with Crippen LogP contribution in [0.2, 0.25) is 0 Å². The summed E-state index contributed by atoms with van der Waals surface area (Å²) in [6.07, 6.45) is 0. The van der Waals surface area contributed by atoms with Gasteiger partial charge in [0, 0.05) is 0 Å². The van der Waals surface area contributed by atoms with Gasteiger partial charge in [-0.3, -0.25) is 0 Å². The summed E-state index contributed by atoms with van der Waals surface area (Å²) in [6, 6.07) is 27.8. The van der Waals surface area contributed by atoms with Gasteiger partial charge in [-0.1, -0.05) is 121 Å². The molecule has 0 aliphatic rings. The molecule has 0 saturated heterocycles. The fraction of sp³-hybridized carbons (Fsp3) is 0. The van der Waals surface area contributed by atoms with Crippen molar-refractivity contribution in [2.24, 2.45) is 0 Å². The van der Waals surface area contributed by atoms with Crippen LogP contribution in [0, 0.1) is 0 Å². The third kappa shape index (κ3) is 2.93. The van der Waals surface area contributed by atoms with Gasteiger partial charge in [0.2, 0.25) is 0 Å². The van der Waals surface area contributed by atoms with Gasteiger partial charge in [-0.25, -0.2) is 0 Å². The minimum atomic E-state index is -0.474. The molecule has 0 aliphatic heterocycles. The molecule has 0 radical (unpaired) electrons. The zero-order valence-corrected chi connectivity index (χ0v) is 18.2. The van der Waals surface area contributed by atoms with E-state index in [4.69, 9.17) is 8.22 Å². The number of hydrogen-bond donors (Lipinski definition) is 0. The Morgan fingerprint density at radius 2 is 0.971 bits per heavy atom. The van der Waals surface area contributed by atoms with Gasteiger partial charge in [0.05, 0.1) is 9.60 Å². The molecular weight excluding hydrogens is 408 g/mol. The van der Waals surface area contributed by atoms with E-state index < -0.39 is 18.1 Å². The first kappa shape index (κ1) is 13.3. The van der Waals surface area contributed by atoms with Gasteiger partial charge in [-0.15, -0.1) is 0 Å². The molecule has 0 heterocycles. The second-order valence-corrected chi connectivity index (χ2v) is 8.40. The molecule has 0 nitrogen and oxygen atoms in total. The Kier molecular flexibility index (Phi) is 2.97. The molecule has 0 N–H and O–H groups in total. The first-order valence-corrected chi connectivity index (χ1v) is 11.2. The van der Waals surface area contributed by atoms with E-state index in [1.807, 2.05) is 60.7 Å². The summed E-state index contributed by atoms with van der Waals surface area (Å²) in [5.74, 6) is 0. The summed E-state index contributed by atoms with van der Waals surface area (Å²) < 4.78 is 60.4. The maximum absolute atomic E-state index is 9.23. The van der Waals surface area contributed by atoms with E-state index in [1.165, 1.54) is 0 Å². The van der Waals surface area contributed by atoms with Crippen LogP contribution in [0.1, 0.15) is 9.60 Å². The third-order valence-corrected chi connectivity index (χ3v) is 6.47. The molecular formula is C34H22. The summed E-state index contributed by atoms with van der Waals surface area (Å²) in [7, 11) is 0. The summed E-state index contributed by atoms with van der Waals surface area (Å²) in [6.45, 7) is 0. The van der Waals surface area contributed by atoms with Gasteiger partial charge < -0.3 is 0 Å². The summed E-state index contributed by atoms with van der Waals surface area (Å²) in [5.41, 5.74) is 2.86. The van der Waals surface area contributed by atoms with Crippen LogP contribution < -0.4 is 0 Å². The molecule has 158 valence electrons. The van der Waals surface area contributed by atoms with Gasteiger partial charge >= 0.3 is 0 Å². The highest BCUT2D eigenvalue weighted by Crippen LogP contribution is 2.44. The molecule has 0 spiro atoms. The fourth-order valence-electron chi connectivity index (χ4n) is 4.96. The Morgan fingerprint density at radius 3 is 1.65 bits per heavy atom. The lowest BCUT2D eigenvalue weighted by Crippen LogP contribution is -1.91. The van der Waals surface area contributed by atoms with Crippen LogP contribution in [0.15, 0.2) is 133 Å². The first-order valence-electron chi connectivity index (χ1n) is 14.7. The van der Waals surface area contributed by atoms with Gasteiger partial charge in [0.15, 0.2) is 0 Å². The van der Waals surface area contributed by atoms with Gasteiger partial charge in [-0.05, 0) is 77.5 Å². The second kappa shape index (κ2) is 7.57. The molecule has 0 atom stereocenters. The zero-order valence-electron chi connectivity index (χ0n) is 25.2. The van der Waals surface area contributed by atoms with Gasteiger partial charge in [-0.2, -0.15) is 0 Å². The van der Waals surface area contributed by atoms with Crippen LogP contribution in [0.4, 0.5) is 0 Å². The average Bonchev–Trinajstić information content (AvgIpc) is 3.00. The summed E-state index contributed by atoms with van der Waals surface area (Å²) >= 11 is 0. The molecule has 0 unspecified atom stereocenters. The van der Waals surface area contributed by atoms with E-state index in [0.717, 1.165) is 43.4 Å². The molecule has 0 amide bonds. The van der Waals surface area contributed by atoms with Crippen LogP contribution in [0.3, 0.4) is 0 Å². The van der Waals surface area contributed by atoms with Crippen LogP contribution in [0.5, 0.6) is 0 Å². The number of rotatable bonds is 2. The molecule has 0 aliphatic carbocycles. The van der Waals surface area contributed by atoms with Crippen LogP contribution >= 0.6 is 0 Å². The van der Waals surface area contributed by atoms with Crippen molar-refractivity contribution in [3.63, 3.8) is 0 Å². The molecule has 34 heavy (non-hydrogen) atoms. The standard InChI is InChI=1S/C34H22/c1-3-11-25-21-27(19-17-23(25)9-1)33-29-13-5-7-15-31(29)34(32-16-8-6-14-30(32)33)28-20-18-24-10-2-4-12-26(24)22-28/h1-22H/i1D,3D,9D,11D,17D,19D,21D. The number of fused-ring (bicyclic) bond motifs is 4. The molecule has 0 fully saturated rings. The molecule has 7 aromatic rings. The van der Waals surface area contributed by atoms with E-state index in [1.54, 1.807) is 0 Å². The van der Waals surface area contributed by atoms with E-state index in [-0.39, 0.29) is 40.5 Å². The number of hydrogen-bond acceptors (Lipinski definition) is 0. The summed E-state index contributed by atoms with van der Waals surface area (Å²) in [4.78, 5) is 0. The van der Waals surface area contributed by atoms with Crippen LogP contribution in [-0.2, 0) is 0 Å². The Bertz CT molecular complexity index is 2180. The molecule has 0 saturated carbocycles. The topological polar surface area (TPSA) is 0 Å². The van der Waals surface area contributed by atoms with Crippen molar-refractivity contribution < 1.29 is 9.60 Å². The van der Waals surface area contributed by atoms with Crippen molar-refractivity contribution >= 4 is 43.1 Å². The molecule has 7 rings (SSSR count). The van der Waals surface area contributed by atoms with E-state index in [2.05, 4.69) is 30.3 Å². The number of benzene rings is 7. The highest BCUT2D eigenvalue weighted by molar-refractivity contribution is 6.22. The normalized spacial score (nSPS) is 14.4. The Balaban J connectivity index is 1.67. The quantitative estimate of drug-likeness (QED) is 0.236. The van der Waals surface area contributed by atoms with E-state index >= 15 is 0 Å². The van der Waals surface area contributed by atoms with Gasteiger partial charge in [0.25, 0.3) is 0 Å². The minimum absolute atomic E-state index is 0.0428. The zero-order chi connectivity index (χ0) is 28.6. The molecule has 7 aromatic carbocycles. The monoisotopic (exact) mass is 437 g/mol. The van der Waals surface area contributed by atoms with Crippen molar-refractivity contribution in [3.8, 4) is 22.3 Å². The lowest BCUT2D eigenvalue weighted by atomic mass is 9.85. The Hall–Kier alpha value is -4.42. The smallest absolute Gasteiger partial charge is 0.0616 e. The molecule has 0 aromatic heterocycles. The maximum atomic E-state index is 9.23. The van der Waals surface area contributed by atoms with Crippen molar-refractivity contribution in [3.05, 3.63) is 133 Å². The first-order chi connectivity index (χ1) is 19.8. The van der Waals surface area contributed by atoms with Crippen molar-refractivity contribution in [1.29, 1.82) is 0 Å². The second-order valence-electron chi connectivity index (χ2n) is 8.40. The molecule has 0 heteroatoms. The maximum Gasteiger partial charge on any atom is 0.0636 e. The SMILES string of the molecule is [2H]c1c([2H])c([2H])c2c([2H])c(-c3c4ccccc4c(-c4ccc5ccccc5c4)c4ccccc34)c([2H])c([2H])c2c1[2H]. The lowest BCUT2D eigenvalue weighted by Gasteiger charge is -2.18. The predicted molar refractivity (Wildman–Crippen MR) is 147 cm³/mol. The Labute approximate surface area is 208 Å². The van der Waals surface area contributed by atoms with Crippen molar-refractivity contribution in [1.82, 2.24) is 0 Å². The average molecular weight is 438 g/mol. The minimum Gasteiger partial charge on any atom is -0.0616 e. The third-order valence-electron chi connectivity index (χ3n) is 6.47. The predicted octanol–water partition coefficient (Wildman–Crippen LogP) is 9.63. The Morgan fingerprint density at radius 1 is 0.412 bits per heavy atom. The highest BCUT2D eigenvalue weighted by Gasteiger charge is 2.16. The highest BCUT2D eigenvalue weighted by atomic mass is 14.2. The van der Waals surface area contributed by atoms with E-state index in [0.29, 0.717) is 5.56 Å². The molecule has 0 bridgehead atoms. The van der Waals surface area contributed by atoms with Crippen molar-refractivity contribution in [2.45, 2.75) is 0 Å². The summed E-state index contributed by atoms with van der Waals surface area (Å²) in [5, 5.41) is 5.57. The van der Waals surface area contributed by atoms with Crippen molar-refractivity contribution in [2.75, 3.05) is 0 Å². The van der Waals surface area contributed by atoms with Crippen LogP contribution in [-0.4, -0.2) is 0 Å². The lowest BCUT2D eigenvalue weighted by molar-refractivity contribution is 1.68.